The summed E-state index contributed by atoms with van der Waals surface area (Å²) in [4.78, 5) is -0.0566. The molecule has 0 radical (unpaired) electrons. The minimum absolute atomic E-state index is 0.0566. The number of thiocarbonyl (C=S) groups is 1. The van der Waals surface area contributed by atoms with Gasteiger partial charge in [-0.2, -0.15) is 5.10 Å². The van der Waals surface area contributed by atoms with E-state index in [1.165, 1.54) is 12.3 Å². The largest absolute Gasteiger partial charge is 0.392 e. The lowest BCUT2D eigenvalue weighted by Crippen LogP contribution is -2.37. The average Bonchev–Trinajstić information content (AvgIpc) is 2.18. The van der Waals surface area contributed by atoms with Crippen molar-refractivity contribution < 1.29 is 8.42 Å². The number of hydrogen-bond acceptors (Lipinski definition) is 5. The molecule has 1 atom stereocenters. The first-order chi connectivity index (χ1) is 7.47. The Labute approximate surface area is 99.3 Å². The quantitative estimate of drug-likeness (QED) is 0.738. The molecule has 1 aromatic rings. The Morgan fingerprint density at radius 2 is 2.38 bits per heavy atom. The minimum Gasteiger partial charge on any atom is -0.392 e. The molecule has 1 unspecified atom stereocenters. The van der Waals surface area contributed by atoms with E-state index in [-0.39, 0.29) is 10.8 Å². The van der Waals surface area contributed by atoms with Crippen LogP contribution in [0.4, 0.5) is 5.82 Å². The van der Waals surface area contributed by atoms with E-state index in [2.05, 4.69) is 14.9 Å². The van der Waals surface area contributed by atoms with Crippen molar-refractivity contribution in [3.8, 4) is 0 Å². The van der Waals surface area contributed by atoms with Crippen molar-refractivity contribution in [1.82, 2.24) is 10.2 Å². The van der Waals surface area contributed by atoms with Crippen molar-refractivity contribution in [1.29, 1.82) is 0 Å². The van der Waals surface area contributed by atoms with Crippen molar-refractivity contribution in [3.05, 3.63) is 18.3 Å². The highest BCUT2D eigenvalue weighted by Gasteiger charge is 2.26. The zero-order valence-corrected chi connectivity index (χ0v) is 10.3. The number of nitrogens with two attached hydrogens (primary N) is 1. The summed E-state index contributed by atoms with van der Waals surface area (Å²) in [6.45, 7) is 1.69. The van der Waals surface area contributed by atoms with Gasteiger partial charge in [0.15, 0.2) is 5.82 Å². The Bertz CT molecular complexity index is 460. The minimum atomic E-state index is -3.64. The molecule has 0 aliphatic heterocycles. The monoisotopic (exact) mass is 260 g/mol. The molecule has 0 saturated heterocycles. The molecule has 1 heterocycles. The van der Waals surface area contributed by atoms with E-state index in [4.69, 9.17) is 18.0 Å². The van der Waals surface area contributed by atoms with Gasteiger partial charge in [0.1, 0.15) is 5.25 Å². The fraction of sp³-hybridized carbons (Fsp3) is 0.375. The molecule has 0 aliphatic rings. The summed E-state index contributed by atoms with van der Waals surface area (Å²) in [7, 11) is -3.64. The smallest absolute Gasteiger partial charge is 0.243 e. The van der Waals surface area contributed by atoms with Gasteiger partial charge in [-0.15, -0.1) is 5.10 Å². The standard InChI is InChI=1S/C8H12N4O2S2/c1-2-6(8(9)15)16(13,14)12-7-4-3-5-10-11-7/h3-6H,2H2,1H3,(H2,9,15)(H,11,12). The Morgan fingerprint density at radius 3 is 2.81 bits per heavy atom. The van der Waals surface area contributed by atoms with Crippen LogP contribution in [0.25, 0.3) is 0 Å². The molecule has 1 aromatic heterocycles. The van der Waals surface area contributed by atoms with Crippen LogP contribution in [-0.4, -0.2) is 28.9 Å². The van der Waals surface area contributed by atoms with E-state index >= 15 is 0 Å². The normalized spacial score (nSPS) is 13.1. The first-order valence-corrected chi connectivity index (χ1v) is 6.51. The molecule has 0 spiro atoms. The van der Waals surface area contributed by atoms with Crippen LogP contribution in [-0.2, 0) is 10.0 Å². The first kappa shape index (κ1) is 12.8. The molecule has 0 aromatic carbocycles. The highest BCUT2D eigenvalue weighted by atomic mass is 32.2. The number of nitrogens with one attached hydrogen (secondary N) is 1. The second-order valence-corrected chi connectivity index (χ2v) is 5.39. The number of rotatable bonds is 5. The molecular weight excluding hydrogens is 248 g/mol. The summed E-state index contributed by atoms with van der Waals surface area (Å²) in [5.41, 5.74) is 5.36. The average molecular weight is 260 g/mol. The predicted octanol–water partition coefficient (Wildman–Crippen LogP) is 0.283. The lowest BCUT2D eigenvalue weighted by atomic mass is 10.3. The molecule has 0 amide bonds. The van der Waals surface area contributed by atoms with Gasteiger partial charge in [0.05, 0.1) is 4.99 Å². The number of anilines is 1. The Kier molecular flexibility index (Phi) is 4.13. The van der Waals surface area contributed by atoms with Crippen molar-refractivity contribution in [2.75, 3.05) is 4.72 Å². The summed E-state index contributed by atoms with van der Waals surface area (Å²) in [5.74, 6) is 0.150. The summed E-state index contributed by atoms with van der Waals surface area (Å²) in [6.07, 6.45) is 1.76. The molecule has 16 heavy (non-hydrogen) atoms. The molecule has 88 valence electrons. The third kappa shape index (κ3) is 3.11. The van der Waals surface area contributed by atoms with E-state index in [9.17, 15) is 8.42 Å². The Morgan fingerprint density at radius 1 is 1.69 bits per heavy atom. The van der Waals surface area contributed by atoms with Crippen LogP contribution in [0.15, 0.2) is 18.3 Å². The molecule has 0 aliphatic carbocycles. The highest BCUT2D eigenvalue weighted by Crippen LogP contribution is 2.10. The highest BCUT2D eigenvalue weighted by molar-refractivity contribution is 7.95. The second kappa shape index (κ2) is 5.17. The van der Waals surface area contributed by atoms with Crippen LogP contribution in [0.1, 0.15) is 13.3 Å². The SMILES string of the molecule is CCC(C(N)=S)S(=O)(=O)Nc1cccnn1. The van der Waals surface area contributed by atoms with Crippen LogP contribution in [0.3, 0.4) is 0 Å². The summed E-state index contributed by atoms with van der Waals surface area (Å²) >= 11 is 4.70. The van der Waals surface area contributed by atoms with Gasteiger partial charge in [0, 0.05) is 6.20 Å². The molecule has 3 N–H and O–H groups in total. The molecule has 8 heteroatoms. The maximum absolute atomic E-state index is 11.8. The molecule has 0 bridgehead atoms. The second-order valence-electron chi connectivity index (χ2n) is 3.06. The van der Waals surface area contributed by atoms with Gasteiger partial charge < -0.3 is 5.73 Å². The number of aromatic nitrogens is 2. The number of sulfonamides is 1. The summed E-state index contributed by atoms with van der Waals surface area (Å²) in [6, 6.07) is 3.07. The van der Waals surface area contributed by atoms with Gasteiger partial charge in [-0.05, 0) is 18.6 Å². The number of nitrogens with zero attached hydrogens (tertiary/aromatic N) is 2. The molecular formula is C8H12N4O2S2. The molecule has 6 nitrogen and oxygen atoms in total. The van der Waals surface area contributed by atoms with Crippen LogP contribution in [0.5, 0.6) is 0 Å². The third-order valence-corrected chi connectivity index (χ3v) is 4.15. The van der Waals surface area contributed by atoms with E-state index in [1.54, 1.807) is 13.0 Å². The van der Waals surface area contributed by atoms with Crippen molar-refractivity contribution in [2.45, 2.75) is 18.6 Å². The van der Waals surface area contributed by atoms with Crippen LogP contribution in [0, 0.1) is 0 Å². The Hall–Kier alpha value is -1.28. The van der Waals surface area contributed by atoms with Crippen LogP contribution < -0.4 is 10.5 Å². The van der Waals surface area contributed by atoms with Gasteiger partial charge >= 0.3 is 0 Å². The first-order valence-electron chi connectivity index (χ1n) is 4.56. The van der Waals surface area contributed by atoms with Crippen molar-refractivity contribution in [3.63, 3.8) is 0 Å². The molecule has 0 saturated carbocycles. The van der Waals surface area contributed by atoms with Crippen LogP contribution >= 0.6 is 12.2 Å². The van der Waals surface area contributed by atoms with Gasteiger partial charge in [0.2, 0.25) is 10.0 Å². The Balaban J connectivity index is 2.91. The van der Waals surface area contributed by atoms with E-state index in [0.29, 0.717) is 6.42 Å². The number of hydrogen-bond donors (Lipinski definition) is 2. The predicted molar refractivity (Wildman–Crippen MR) is 65.4 cm³/mol. The van der Waals surface area contributed by atoms with Crippen molar-refractivity contribution in [2.24, 2.45) is 5.73 Å². The van der Waals surface area contributed by atoms with E-state index < -0.39 is 15.3 Å². The maximum atomic E-state index is 11.8. The van der Waals surface area contributed by atoms with Crippen molar-refractivity contribution >= 4 is 33.0 Å². The maximum Gasteiger partial charge on any atom is 0.243 e. The molecule has 1 rings (SSSR count). The zero-order chi connectivity index (χ0) is 12.2. The van der Waals surface area contributed by atoms with Crippen LogP contribution in [0.2, 0.25) is 0 Å². The van der Waals surface area contributed by atoms with E-state index in [0.717, 1.165) is 0 Å². The van der Waals surface area contributed by atoms with E-state index in [1.807, 2.05) is 0 Å². The summed E-state index contributed by atoms with van der Waals surface area (Å²) in [5, 5.41) is 6.27. The zero-order valence-electron chi connectivity index (χ0n) is 8.62. The lowest BCUT2D eigenvalue weighted by Gasteiger charge is -2.14. The van der Waals surface area contributed by atoms with Gasteiger partial charge in [0.25, 0.3) is 0 Å². The van der Waals surface area contributed by atoms with Gasteiger partial charge in [-0.3, -0.25) is 4.72 Å². The fourth-order valence-electron chi connectivity index (χ4n) is 1.15. The molecule has 0 fully saturated rings. The fourth-order valence-corrected chi connectivity index (χ4v) is 2.98. The lowest BCUT2D eigenvalue weighted by molar-refractivity contribution is 0.594. The topological polar surface area (TPSA) is 98.0 Å². The summed E-state index contributed by atoms with van der Waals surface area (Å²) < 4.78 is 25.9. The van der Waals surface area contributed by atoms with Gasteiger partial charge in [-0.25, -0.2) is 8.42 Å². The third-order valence-electron chi connectivity index (χ3n) is 1.88. The van der Waals surface area contributed by atoms with Gasteiger partial charge in [-0.1, -0.05) is 19.1 Å².